The molecule has 5 rings (SSSR count). The van der Waals surface area contributed by atoms with Crippen LogP contribution < -0.4 is 0 Å². The van der Waals surface area contributed by atoms with Crippen LogP contribution in [0.15, 0.2) is 84.9 Å². The van der Waals surface area contributed by atoms with Crippen LogP contribution in [0.4, 0.5) is 0 Å². The second kappa shape index (κ2) is 8.44. The molecule has 4 aromatic rings. The number of hydrogen-bond donors (Lipinski definition) is 2. The molecule has 0 saturated carbocycles. The molecule has 0 fully saturated rings. The first kappa shape index (κ1) is 21.3. The third kappa shape index (κ3) is 3.24. The lowest BCUT2D eigenvalue weighted by molar-refractivity contribution is 0.466. The van der Waals surface area contributed by atoms with Gasteiger partial charge >= 0.3 is 0 Å². The molecule has 0 aliphatic heterocycles. The summed E-state index contributed by atoms with van der Waals surface area (Å²) in [6.07, 6.45) is 3.60. The largest absolute Gasteiger partial charge is 0.508 e. The predicted octanol–water partition coefficient (Wildman–Crippen LogP) is 7.37. The number of aromatic hydroxyl groups is 2. The van der Waals surface area contributed by atoms with Gasteiger partial charge in [-0.3, -0.25) is 0 Å². The fourth-order valence-electron chi connectivity index (χ4n) is 5.60. The lowest BCUT2D eigenvalue weighted by atomic mass is 9.67. The van der Waals surface area contributed by atoms with Crippen LogP contribution in [0.2, 0.25) is 0 Å². The molecule has 2 heteroatoms. The summed E-state index contributed by atoms with van der Waals surface area (Å²) < 4.78 is 0. The van der Waals surface area contributed by atoms with Crippen molar-refractivity contribution in [2.45, 2.75) is 44.9 Å². The van der Waals surface area contributed by atoms with Gasteiger partial charge in [-0.15, -0.1) is 0 Å². The van der Waals surface area contributed by atoms with Gasteiger partial charge < -0.3 is 10.2 Å². The fraction of sp³-hybridized carbons (Fsp3) is 0.226. The molecular weight excluding hydrogens is 404 g/mol. The van der Waals surface area contributed by atoms with Crippen LogP contribution in [0.25, 0.3) is 11.1 Å². The Bertz CT molecular complexity index is 1220. The van der Waals surface area contributed by atoms with Crippen LogP contribution in [0.5, 0.6) is 11.5 Å². The average molecular weight is 435 g/mol. The third-order valence-electron chi connectivity index (χ3n) is 7.02. The van der Waals surface area contributed by atoms with Crippen LogP contribution in [-0.4, -0.2) is 10.2 Å². The Hall–Kier alpha value is -3.52. The van der Waals surface area contributed by atoms with Crippen LogP contribution in [0.3, 0.4) is 0 Å². The molecule has 0 heterocycles. The van der Waals surface area contributed by atoms with Gasteiger partial charge in [-0.25, -0.2) is 0 Å². The maximum Gasteiger partial charge on any atom is 0.118 e. The van der Waals surface area contributed by atoms with Crippen molar-refractivity contribution in [1.29, 1.82) is 0 Å². The molecule has 166 valence electrons. The van der Waals surface area contributed by atoms with Gasteiger partial charge in [0.1, 0.15) is 11.5 Å². The van der Waals surface area contributed by atoms with Crippen molar-refractivity contribution in [3.63, 3.8) is 0 Å². The first-order chi connectivity index (χ1) is 16.1. The van der Waals surface area contributed by atoms with Crippen molar-refractivity contribution >= 4 is 0 Å². The van der Waals surface area contributed by atoms with Gasteiger partial charge in [0.05, 0.1) is 5.41 Å². The predicted molar refractivity (Wildman–Crippen MR) is 135 cm³/mol. The van der Waals surface area contributed by atoms with Crippen molar-refractivity contribution in [3.05, 3.63) is 118 Å². The van der Waals surface area contributed by atoms with E-state index in [1.807, 2.05) is 12.1 Å². The molecule has 0 bridgehead atoms. The Balaban J connectivity index is 1.90. The molecule has 4 aromatic carbocycles. The molecule has 33 heavy (non-hydrogen) atoms. The Morgan fingerprint density at radius 1 is 0.576 bits per heavy atom. The summed E-state index contributed by atoms with van der Waals surface area (Å²) in [7, 11) is 0. The van der Waals surface area contributed by atoms with Gasteiger partial charge in [0.25, 0.3) is 0 Å². The molecule has 0 unspecified atom stereocenters. The van der Waals surface area contributed by atoms with E-state index in [4.69, 9.17) is 0 Å². The smallest absolute Gasteiger partial charge is 0.118 e. The van der Waals surface area contributed by atoms with E-state index in [-0.39, 0.29) is 0 Å². The first-order valence-corrected chi connectivity index (χ1v) is 11.9. The standard InChI is InChI=1S/C31H30O2/c1-3-9-21-19-23(15-17-29(21)32)31(24-16-18-30(33)22(20-24)10-4-2)27-13-7-5-11-25(27)26-12-6-8-14-28(26)31/h5-8,11-20,32-33H,3-4,9-10H2,1-2H3. The fourth-order valence-corrected chi connectivity index (χ4v) is 5.60. The quantitative estimate of drug-likeness (QED) is 0.293. The highest BCUT2D eigenvalue weighted by Crippen LogP contribution is 2.56. The molecule has 0 saturated heterocycles. The number of fused-ring (bicyclic) bond motifs is 3. The van der Waals surface area contributed by atoms with E-state index < -0.39 is 5.41 Å². The molecular formula is C31H30O2. The van der Waals surface area contributed by atoms with E-state index in [1.165, 1.54) is 22.3 Å². The minimum atomic E-state index is -0.514. The second-order valence-electron chi connectivity index (χ2n) is 9.03. The zero-order valence-electron chi connectivity index (χ0n) is 19.3. The van der Waals surface area contributed by atoms with Crippen molar-refractivity contribution in [2.24, 2.45) is 0 Å². The van der Waals surface area contributed by atoms with Crippen LogP contribution in [0.1, 0.15) is 60.1 Å². The summed E-state index contributed by atoms with van der Waals surface area (Å²) in [4.78, 5) is 0. The molecule has 2 N–H and O–H groups in total. The van der Waals surface area contributed by atoms with Gasteiger partial charge in [0.15, 0.2) is 0 Å². The molecule has 0 amide bonds. The van der Waals surface area contributed by atoms with Crippen molar-refractivity contribution in [2.75, 3.05) is 0 Å². The molecule has 0 spiro atoms. The van der Waals surface area contributed by atoms with Crippen molar-refractivity contribution < 1.29 is 10.2 Å². The van der Waals surface area contributed by atoms with Crippen LogP contribution in [0, 0.1) is 0 Å². The Morgan fingerprint density at radius 3 is 1.42 bits per heavy atom. The maximum absolute atomic E-state index is 10.6. The molecule has 1 aliphatic carbocycles. The second-order valence-corrected chi connectivity index (χ2v) is 9.03. The maximum atomic E-state index is 10.6. The Labute approximate surface area is 196 Å². The molecule has 0 atom stereocenters. The number of aryl methyl sites for hydroxylation is 2. The molecule has 2 nitrogen and oxygen atoms in total. The lowest BCUT2D eigenvalue weighted by Crippen LogP contribution is -2.29. The monoisotopic (exact) mass is 434 g/mol. The van der Waals surface area contributed by atoms with Crippen molar-refractivity contribution in [3.8, 4) is 22.6 Å². The Morgan fingerprint density at radius 2 is 1.00 bits per heavy atom. The summed E-state index contributed by atoms with van der Waals surface area (Å²) in [5.41, 5.74) is 8.70. The zero-order chi connectivity index (χ0) is 23.0. The van der Waals surface area contributed by atoms with Gasteiger partial charge in [0.2, 0.25) is 0 Å². The van der Waals surface area contributed by atoms with E-state index in [9.17, 15) is 10.2 Å². The Kier molecular flexibility index (Phi) is 5.46. The lowest BCUT2D eigenvalue weighted by Gasteiger charge is -2.34. The van der Waals surface area contributed by atoms with Gasteiger partial charge in [-0.2, -0.15) is 0 Å². The number of benzene rings is 4. The summed E-state index contributed by atoms with van der Waals surface area (Å²) in [5, 5.41) is 21.1. The molecule has 1 aliphatic rings. The highest BCUT2D eigenvalue weighted by atomic mass is 16.3. The third-order valence-corrected chi connectivity index (χ3v) is 7.02. The normalized spacial score (nSPS) is 13.5. The van der Waals surface area contributed by atoms with E-state index in [1.54, 1.807) is 0 Å². The first-order valence-electron chi connectivity index (χ1n) is 11.9. The SMILES string of the molecule is CCCc1cc(C2(c3ccc(O)c(CCC)c3)c3ccccc3-c3ccccc32)ccc1O. The van der Waals surface area contributed by atoms with Gasteiger partial charge in [-0.1, -0.05) is 99.5 Å². The number of phenolic OH excluding ortho intramolecular Hbond substituents is 2. The summed E-state index contributed by atoms with van der Waals surface area (Å²) in [6.45, 7) is 4.28. The average Bonchev–Trinajstić information content (AvgIpc) is 3.14. The zero-order valence-corrected chi connectivity index (χ0v) is 19.3. The minimum Gasteiger partial charge on any atom is -0.508 e. The number of rotatable bonds is 6. The van der Waals surface area contributed by atoms with Gasteiger partial charge in [-0.05, 0) is 69.5 Å². The van der Waals surface area contributed by atoms with E-state index in [2.05, 4.69) is 86.6 Å². The highest BCUT2D eigenvalue weighted by molar-refractivity contribution is 5.86. The topological polar surface area (TPSA) is 40.5 Å². The summed E-state index contributed by atoms with van der Waals surface area (Å²) >= 11 is 0. The molecule has 0 aromatic heterocycles. The number of phenols is 2. The van der Waals surface area contributed by atoms with Crippen molar-refractivity contribution in [1.82, 2.24) is 0 Å². The van der Waals surface area contributed by atoms with E-state index >= 15 is 0 Å². The van der Waals surface area contributed by atoms with Crippen LogP contribution in [-0.2, 0) is 18.3 Å². The highest BCUT2D eigenvalue weighted by Gasteiger charge is 2.46. The van der Waals surface area contributed by atoms with Crippen LogP contribution >= 0.6 is 0 Å². The number of hydrogen-bond acceptors (Lipinski definition) is 2. The summed E-state index contributed by atoms with van der Waals surface area (Å²) in [6, 6.07) is 29.5. The minimum absolute atomic E-state index is 0.354. The van der Waals surface area contributed by atoms with Gasteiger partial charge in [0, 0.05) is 0 Å². The van der Waals surface area contributed by atoms with E-state index in [0.29, 0.717) is 11.5 Å². The van der Waals surface area contributed by atoms with E-state index in [0.717, 1.165) is 47.9 Å². The summed E-state index contributed by atoms with van der Waals surface area (Å²) in [5.74, 6) is 0.709. The molecule has 0 radical (unpaired) electrons.